The van der Waals surface area contributed by atoms with Crippen LogP contribution in [0.15, 0.2) is 12.2 Å². The third-order valence-electron chi connectivity index (χ3n) is 0. The molecule has 0 rings (SSSR count). The van der Waals surface area contributed by atoms with Gasteiger partial charge in [0.05, 0.1) is 0 Å². The summed E-state index contributed by atoms with van der Waals surface area (Å²) >= 11 is 0. The number of hydrogen-bond acceptors (Lipinski definition) is 1. The second-order valence-corrected chi connectivity index (χ2v) is 1.31. The van der Waals surface area contributed by atoms with E-state index in [4.69, 9.17) is 9.90 Å². The molecule has 0 spiro atoms. The maximum absolute atomic E-state index is 8.36. The van der Waals surface area contributed by atoms with Crippen molar-refractivity contribution in [1.29, 1.82) is 0 Å². The van der Waals surface area contributed by atoms with Crippen LogP contribution in [0, 0.1) is 0 Å². The predicted octanol–water partition coefficient (Wildman–Crippen LogP) is 1.28. The van der Waals surface area contributed by atoms with Crippen LogP contribution in [0.2, 0.25) is 0 Å². The van der Waals surface area contributed by atoms with E-state index in [0.29, 0.717) is 0 Å². The van der Waals surface area contributed by atoms with Crippen molar-refractivity contribution in [3.63, 3.8) is 0 Å². The van der Waals surface area contributed by atoms with Crippen LogP contribution in [0.25, 0.3) is 0 Å². The van der Waals surface area contributed by atoms with Gasteiger partial charge in [0, 0.05) is 0 Å². The summed E-state index contributed by atoms with van der Waals surface area (Å²) in [5, 5.41) is 6.89. The van der Waals surface area contributed by atoms with E-state index in [9.17, 15) is 0 Å². The molecule has 0 saturated carbocycles. The number of rotatable bonds is 0. The lowest BCUT2D eigenvalue weighted by Crippen LogP contribution is -1.49. The molecule has 0 bridgehead atoms. The normalized spacial score (nSPS) is 5.43. The second-order valence-electron chi connectivity index (χ2n) is 1.31. The molecular weight excluding hydrogens is 92.1 g/mol. The lowest BCUT2D eigenvalue weighted by Gasteiger charge is -1.65. The Kier molecular flexibility index (Phi) is 12.2. The Hall–Kier alpha value is -0.790. The molecule has 0 aromatic heterocycles. The van der Waals surface area contributed by atoms with Gasteiger partial charge in [0.15, 0.2) is 0 Å². The summed E-state index contributed by atoms with van der Waals surface area (Å²) in [5.41, 5.74) is 1.17. The first-order valence-electron chi connectivity index (χ1n) is 1.85. The highest BCUT2D eigenvalue weighted by atomic mass is 16.3. The molecule has 0 aliphatic heterocycles. The minimum Gasteiger partial charge on any atom is -0.483 e. The van der Waals surface area contributed by atoms with E-state index in [1.54, 1.807) is 0 Å². The van der Waals surface area contributed by atoms with E-state index in [0.717, 1.165) is 0 Å². The Morgan fingerprint density at radius 2 is 1.71 bits per heavy atom. The van der Waals surface area contributed by atoms with E-state index < -0.39 is 0 Å². The van der Waals surface area contributed by atoms with Gasteiger partial charge in [0.2, 0.25) is 0 Å². The fourth-order valence-electron chi connectivity index (χ4n) is 0. The zero-order valence-corrected chi connectivity index (χ0v) is 4.64. The average molecular weight is 102 g/mol. The van der Waals surface area contributed by atoms with Crippen molar-refractivity contribution >= 4 is 6.47 Å². The van der Waals surface area contributed by atoms with E-state index in [2.05, 4.69) is 6.58 Å². The Bertz CT molecular complexity index is 53.1. The summed E-state index contributed by atoms with van der Waals surface area (Å²) in [6.07, 6.45) is 0. The second kappa shape index (κ2) is 8.96. The topological polar surface area (TPSA) is 37.3 Å². The van der Waals surface area contributed by atoms with Gasteiger partial charge in [0.25, 0.3) is 6.47 Å². The lowest BCUT2D eigenvalue weighted by molar-refractivity contribution is -0.122. The fourth-order valence-corrected chi connectivity index (χ4v) is 0. The Morgan fingerprint density at radius 3 is 1.71 bits per heavy atom. The van der Waals surface area contributed by atoms with Crippen LogP contribution >= 0.6 is 0 Å². The largest absolute Gasteiger partial charge is 0.483 e. The molecule has 0 unspecified atom stereocenters. The third kappa shape index (κ3) is 86.0. The first-order chi connectivity index (χ1) is 3.15. The first-order valence-corrected chi connectivity index (χ1v) is 1.85. The smallest absolute Gasteiger partial charge is 0.290 e. The van der Waals surface area contributed by atoms with Gasteiger partial charge in [-0.25, -0.2) is 0 Å². The molecule has 7 heavy (non-hydrogen) atoms. The quantitative estimate of drug-likeness (QED) is 0.369. The van der Waals surface area contributed by atoms with Gasteiger partial charge in [-0.15, -0.1) is 6.58 Å². The molecule has 0 aromatic rings. The Labute approximate surface area is 43.5 Å². The molecule has 0 fully saturated rings. The molecule has 0 aromatic carbocycles. The zero-order valence-electron chi connectivity index (χ0n) is 4.64. The molecule has 0 aliphatic rings. The third-order valence-corrected chi connectivity index (χ3v) is 0. The van der Waals surface area contributed by atoms with E-state index >= 15 is 0 Å². The highest BCUT2D eigenvalue weighted by Gasteiger charge is 1.51. The van der Waals surface area contributed by atoms with Crippen molar-refractivity contribution in [2.75, 3.05) is 0 Å². The van der Waals surface area contributed by atoms with Gasteiger partial charge in [-0.1, -0.05) is 5.57 Å². The van der Waals surface area contributed by atoms with Crippen LogP contribution in [0.1, 0.15) is 13.8 Å². The number of carboxylic acid groups (broad SMARTS) is 1. The molecule has 1 N–H and O–H groups in total. The lowest BCUT2D eigenvalue weighted by atomic mass is 10.4. The summed E-state index contributed by atoms with van der Waals surface area (Å²) in [4.78, 5) is 8.36. The first kappa shape index (κ1) is 9.51. The van der Waals surface area contributed by atoms with Crippen LogP contribution in [0.5, 0.6) is 0 Å². The van der Waals surface area contributed by atoms with Crippen LogP contribution < -0.4 is 0 Å². The van der Waals surface area contributed by atoms with Crippen molar-refractivity contribution in [2.45, 2.75) is 13.8 Å². The molecule has 0 saturated heterocycles. The summed E-state index contributed by atoms with van der Waals surface area (Å²) in [5.74, 6) is 0. The van der Waals surface area contributed by atoms with E-state index in [-0.39, 0.29) is 6.47 Å². The highest BCUT2D eigenvalue weighted by Crippen LogP contribution is 1.73. The van der Waals surface area contributed by atoms with Crippen molar-refractivity contribution in [3.05, 3.63) is 12.2 Å². The van der Waals surface area contributed by atoms with Crippen molar-refractivity contribution in [1.82, 2.24) is 0 Å². The van der Waals surface area contributed by atoms with Crippen LogP contribution in [-0.2, 0) is 4.79 Å². The van der Waals surface area contributed by atoms with Gasteiger partial charge < -0.3 is 5.11 Å². The summed E-state index contributed by atoms with van der Waals surface area (Å²) < 4.78 is 0. The number of carbonyl (C=O) groups is 1. The number of hydrogen-bond donors (Lipinski definition) is 1. The Balaban J connectivity index is 0. The number of allylic oxidation sites excluding steroid dienone is 1. The summed E-state index contributed by atoms with van der Waals surface area (Å²) in [6, 6.07) is 0. The van der Waals surface area contributed by atoms with Crippen LogP contribution in [0.3, 0.4) is 0 Å². The fraction of sp³-hybridized carbons (Fsp3) is 0.400. The van der Waals surface area contributed by atoms with Gasteiger partial charge in [-0.3, -0.25) is 4.79 Å². The SMILES string of the molecule is C=C(C)C.O=CO. The maximum Gasteiger partial charge on any atom is 0.290 e. The average Bonchev–Trinajstić information content (AvgIpc) is 1.33. The Morgan fingerprint density at radius 1 is 1.71 bits per heavy atom. The van der Waals surface area contributed by atoms with E-state index in [1.807, 2.05) is 13.8 Å². The molecule has 2 heteroatoms. The van der Waals surface area contributed by atoms with Crippen molar-refractivity contribution in [3.8, 4) is 0 Å². The highest BCUT2D eigenvalue weighted by molar-refractivity contribution is 5.32. The van der Waals surface area contributed by atoms with Gasteiger partial charge in [0.1, 0.15) is 0 Å². The molecular formula is C5H10O2. The minimum absolute atomic E-state index is 0.250. The van der Waals surface area contributed by atoms with Gasteiger partial charge in [-0.05, 0) is 13.8 Å². The van der Waals surface area contributed by atoms with Gasteiger partial charge >= 0.3 is 0 Å². The van der Waals surface area contributed by atoms with Crippen molar-refractivity contribution in [2.24, 2.45) is 0 Å². The molecule has 0 aliphatic carbocycles. The van der Waals surface area contributed by atoms with Crippen molar-refractivity contribution < 1.29 is 9.90 Å². The summed E-state index contributed by atoms with van der Waals surface area (Å²) in [6.45, 7) is 7.25. The molecule has 0 radical (unpaired) electrons. The molecule has 2 nitrogen and oxygen atoms in total. The van der Waals surface area contributed by atoms with Crippen LogP contribution in [-0.4, -0.2) is 11.6 Å². The molecule has 42 valence electrons. The molecule has 0 amide bonds. The minimum atomic E-state index is -0.250. The maximum atomic E-state index is 8.36. The predicted molar refractivity (Wildman–Crippen MR) is 29.2 cm³/mol. The molecule has 0 atom stereocenters. The molecule has 0 heterocycles. The summed E-state index contributed by atoms with van der Waals surface area (Å²) in [7, 11) is 0. The zero-order chi connectivity index (χ0) is 6.28. The monoisotopic (exact) mass is 102 g/mol. The standard InChI is InChI=1S/C4H8.CH2O2/c1-4(2)3;2-1-3/h1H2,2-3H3;1H,(H,2,3). The van der Waals surface area contributed by atoms with E-state index in [1.165, 1.54) is 5.57 Å². The van der Waals surface area contributed by atoms with Crippen LogP contribution in [0.4, 0.5) is 0 Å². The van der Waals surface area contributed by atoms with Gasteiger partial charge in [-0.2, -0.15) is 0 Å².